The Balaban J connectivity index is 3.22. The van der Waals surface area contributed by atoms with E-state index >= 15 is 0 Å². The van der Waals surface area contributed by atoms with Crippen molar-refractivity contribution in [1.29, 1.82) is 0 Å². The highest BCUT2D eigenvalue weighted by Gasteiger charge is 2.13. The molecule has 72 valence electrons. The van der Waals surface area contributed by atoms with Crippen LogP contribution >= 0.6 is 54.5 Å². The molecule has 0 N–H and O–H groups in total. The summed E-state index contributed by atoms with van der Waals surface area (Å²) in [5.41, 5.74) is 0.608. The van der Waals surface area contributed by atoms with E-state index in [-0.39, 0.29) is 5.69 Å². The first kappa shape index (κ1) is 11.8. The third kappa shape index (κ3) is 2.82. The number of halogens is 5. The number of hydrogen-bond acceptors (Lipinski definition) is 1. The summed E-state index contributed by atoms with van der Waals surface area (Å²) in [6, 6.07) is 1.39. The van der Waals surface area contributed by atoms with Crippen molar-refractivity contribution in [1.82, 2.24) is 4.98 Å². The molecule has 0 amide bonds. The normalized spacial score (nSPS) is 10.9. The predicted octanol–water partition coefficient (Wildman–Crippen LogP) is 4.28. The molecular formula is C7H4Br2F2IN. The molecule has 0 fully saturated rings. The number of aromatic nitrogens is 1. The van der Waals surface area contributed by atoms with E-state index in [0.29, 0.717) is 9.03 Å². The Kier molecular flexibility index (Phi) is 4.50. The summed E-state index contributed by atoms with van der Waals surface area (Å²) < 4.78 is 25.9. The van der Waals surface area contributed by atoms with Gasteiger partial charge in [-0.25, -0.2) is 13.8 Å². The lowest BCUT2D eigenvalue weighted by Gasteiger charge is -2.06. The molecule has 0 bridgehead atoms. The van der Waals surface area contributed by atoms with E-state index in [0.717, 1.165) is 10.0 Å². The van der Waals surface area contributed by atoms with Gasteiger partial charge in [0, 0.05) is 5.33 Å². The molecule has 0 saturated carbocycles. The minimum Gasteiger partial charge on any atom is -0.240 e. The van der Waals surface area contributed by atoms with Crippen LogP contribution in [0.2, 0.25) is 0 Å². The maximum atomic E-state index is 12.3. The Labute approximate surface area is 105 Å². The minimum atomic E-state index is -2.51. The number of nitrogens with zero attached hydrogens (tertiary/aromatic N) is 1. The van der Waals surface area contributed by atoms with Gasteiger partial charge < -0.3 is 0 Å². The lowest BCUT2D eigenvalue weighted by atomic mass is 10.2. The summed E-state index contributed by atoms with van der Waals surface area (Å²) >= 11 is 8.42. The number of alkyl halides is 3. The first-order valence-corrected chi connectivity index (χ1v) is 6.24. The highest BCUT2D eigenvalue weighted by atomic mass is 127. The van der Waals surface area contributed by atoms with Gasteiger partial charge in [0.25, 0.3) is 6.43 Å². The maximum Gasteiger partial charge on any atom is 0.280 e. The van der Waals surface area contributed by atoms with Crippen LogP contribution < -0.4 is 0 Å². The molecule has 13 heavy (non-hydrogen) atoms. The minimum absolute atomic E-state index is 0.179. The van der Waals surface area contributed by atoms with Gasteiger partial charge in [0.05, 0.1) is 4.47 Å². The first-order valence-electron chi connectivity index (χ1n) is 3.25. The second kappa shape index (κ2) is 4.97. The highest BCUT2D eigenvalue weighted by Crippen LogP contribution is 2.28. The molecule has 0 saturated heterocycles. The van der Waals surface area contributed by atoms with Crippen LogP contribution in [0.3, 0.4) is 0 Å². The molecule has 0 radical (unpaired) electrons. The van der Waals surface area contributed by atoms with Crippen molar-refractivity contribution in [3.05, 3.63) is 25.5 Å². The van der Waals surface area contributed by atoms with Gasteiger partial charge >= 0.3 is 0 Å². The van der Waals surface area contributed by atoms with E-state index in [9.17, 15) is 8.78 Å². The van der Waals surface area contributed by atoms with E-state index in [1.807, 2.05) is 22.6 Å². The summed E-state index contributed by atoms with van der Waals surface area (Å²) in [7, 11) is 0. The van der Waals surface area contributed by atoms with E-state index in [2.05, 4.69) is 36.8 Å². The fourth-order valence-electron chi connectivity index (χ4n) is 0.778. The Morgan fingerprint density at radius 3 is 2.62 bits per heavy atom. The second-order valence-corrected chi connectivity index (χ2v) is 4.62. The molecule has 1 aromatic rings. The predicted molar refractivity (Wildman–Crippen MR) is 62.2 cm³/mol. The third-order valence-electron chi connectivity index (χ3n) is 1.38. The summed E-state index contributed by atoms with van der Waals surface area (Å²) in [6.45, 7) is 0. The van der Waals surface area contributed by atoms with Crippen LogP contribution in [0.25, 0.3) is 0 Å². The molecule has 1 heterocycles. The molecule has 0 atom stereocenters. The van der Waals surface area contributed by atoms with Gasteiger partial charge in [-0.2, -0.15) is 0 Å². The van der Waals surface area contributed by atoms with Crippen LogP contribution in [0.4, 0.5) is 8.78 Å². The lowest BCUT2D eigenvalue weighted by Crippen LogP contribution is -1.97. The van der Waals surface area contributed by atoms with Gasteiger partial charge in [-0.05, 0) is 50.2 Å². The topological polar surface area (TPSA) is 12.9 Å². The molecule has 0 unspecified atom stereocenters. The smallest absolute Gasteiger partial charge is 0.240 e. The number of hydrogen-bond donors (Lipinski definition) is 0. The fraction of sp³-hybridized carbons (Fsp3) is 0.286. The average Bonchev–Trinajstić information content (AvgIpc) is 2.09. The lowest BCUT2D eigenvalue weighted by molar-refractivity contribution is 0.145. The third-order valence-corrected chi connectivity index (χ3v) is 4.39. The largest absolute Gasteiger partial charge is 0.280 e. The van der Waals surface area contributed by atoms with Gasteiger partial charge in [-0.15, -0.1) is 0 Å². The van der Waals surface area contributed by atoms with E-state index in [1.165, 1.54) is 6.07 Å². The number of rotatable bonds is 2. The molecule has 1 nitrogen and oxygen atoms in total. The maximum absolute atomic E-state index is 12.3. The molecule has 1 rings (SSSR count). The van der Waals surface area contributed by atoms with Gasteiger partial charge in [-0.3, -0.25) is 0 Å². The molecule has 6 heteroatoms. The SMILES string of the molecule is FC(F)c1cc(CBr)c(Br)c(I)n1. The zero-order chi connectivity index (χ0) is 10.0. The molecular weight excluding hydrogens is 423 g/mol. The molecule has 0 aliphatic rings. The van der Waals surface area contributed by atoms with Crippen molar-refractivity contribution < 1.29 is 8.78 Å². The summed E-state index contributed by atoms with van der Waals surface area (Å²) in [5.74, 6) is 0. The first-order chi connectivity index (χ1) is 6.06. The van der Waals surface area contributed by atoms with Crippen molar-refractivity contribution in [2.24, 2.45) is 0 Å². The molecule has 1 aromatic heterocycles. The van der Waals surface area contributed by atoms with Crippen molar-refractivity contribution in [3.63, 3.8) is 0 Å². The second-order valence-electron chi connectivity index (χ2n) is 2.25. The van der Waals surface area contributed by atoms with E-state index < -0.39 is 6.43 Å². The molecule has 0 aliphatic heterocycles. The van der Waals surface area contributed by atoms with Gasteiger partial charge in [-0.1, -0.05) is 15.9 Å². The summed E-state index contributed by atoms with van der Waals surface area (Å²) in [5, 5.41) is 0.534. The molecule has 0 spiro atoms. The van der Waals surface area contributed by atoms with Gasteiger partial charge in [0.15, 0.2) is 0 Å². The summed E-state index contributed by atoms with van der Waals surface area (Å²) in [6.07, 6.45) is -2.51. The van der Waals surface area contributed by atoms with Crippen LogP contribution in [0.5, 0.6) is 0 Å². The van der Waals surface area contributed by atoms with Crippen LogP contribution in [-0.2, 0) is 5.33 Å². The molecule has 0 aliphatic carbocycles. The summed E-state index contributed by atoms with van der Waals surface area (Å²) in [4.78, 5) is 3.75. The van der Waals surface area contributed by atoms with Crippen LogP contribution in [-0.4, -0.2) is 4.98 Å². The van der Waals surface area contributed by atoms with Crippen LogP contribution in [0, 0.1) is 3.70 Å². The number of pyridine rings is 1. The Hall–Kier alpha value is 0.700. The fourth-order valence-corrected chi connectivity index (χ4v) is 2.56. The molecule has 0 aromatic carbocycles. The standard InChI is InChI=1S/C7H4Br2F2IN/c8-2-3-1-4(6(10)11)13-7(12)5(3)9/h1,6H,2H2. The zero-order valence-corrected chi connectivity index (χ0v) is 11.5. The van der Waals surface area contributed by atoms with Crippen molar-refractivity contribution in [3.8, 4) is 0 Å². The van der Waals surface area contributed by atoms with E-state index in [4.69, 9.17) is 0 Å². The Morgan fingerprint density at radius 1 is 1.54 bits per heavy atom. The zero-order valence-electron chi connectivity index (χ0n) is 6.20. The quantitative estimate of drug-likeness (QED) is 0.391. The monoisotopic (exact) mass is 425 g/mol. The highest BCUT2D eigenvalue weighted by molar-refractivity contribution is 14.1. The van der Waals surface area contributed by atoms with E-state index in [1.54, 1.807) is 0 Å². The van der Waals surface area contributed by atoms with Crippen LogP contribution in [0.1, 0.15) is 17.7 Å². The van der Waals surface area contributed by atoms with Gasteiger partial charge in [0.1, 0.15) is 9.39 Å². The van der Waals surface area contributed by atoms with Crippen molar-refractivity contribution in [2.75, 3.05) is 0 Å². The van der Waals surface area contributed by atoms with Crippen LogP contribution in [0.15, 0.2) is 10.5 Å². The average molecular weight is 427 g/mol. The van der Waals surface area contributed by atoms with Crippen molar-refractivity contribution in [2.45, 2.75) is 11.8 Å². The van der Waals surface area contributed by atoms with Crippen molar-refractivity contribution >= 4 is 54.5 Å². The Morgan fingerprint density at radius 2 is 2.15 bits per heavy atom. The van der Waals surface area contributed by atoms with Gasteiger partial charge in [0.2, 0.25) is 0 Å². The Bertz CT molecular complexity index is 320.